The van der Waals surface area contributed by atoms with Crippen molar-refractivity contribution in [2.75, 3.05) is 0 Å². The molecule has 0 fully saturated rings. The molecule has 0 saturated carbocycles. The number of fused-ring (bicyclic) bond motifs is 3. The predicted molar refractivity (Wildman–Crippen MR) is 79.4 cm³/mol. The van der Waals surface area contributed by atoms with Gasteiger partial charge in [-0.1, -0.05) is 20.8 Å². The van der Waals surface area contributed by atoms with E-state index in [0.717, 1.165) is 23.5 Å². The molecule has 2 aromatic heterocycles. The maximum atomic E-state index is 11.0. The van der Waals surface area contributed by atoms with E-state index in [0.29, 0.717) is 5.92 Å². The number of aryl methyl sites for hydroxylation is 1. The number of hydrogen-bond donors (Lipinski definition) is 1. The minimum absolute atomic E-state index is 0.0724. The SMILES string of the molecule is CC(C)(C)C1CCc2nc3scc(CC(=O)O)n3c2C1. The van der Waals surface area contributed by atoms with Crippen molar-refractivity contribution in [3.05, 3.63) is 22.5 Å². The van der Waals surface area contributed by atoms with Crippen LogP contribution in [0.25, 0.3) is 4.96 Å². The lowest BCUT2D eigenvalue weighted by atomic mass is 9.73. The Hall–Kier alpha value is -1.36. The Morgan fingerprint density at radius 3 is 2.95 bits per heavy atom. The van der Waals surface area contributed by atoms with Gasteiger partial charge in [-0.25, -0.2) is 4.98 Å². The molecule has 0 amide bonds. The van der Waals surface area contributed by atoms with Crippen LogP contribution in [0.4, 0.5) is 0 Å². The van der Waals surface area contributed by atoms with E-state index in [1.165, 1.54) is 17.8 Å². The molecular weight excluding hydrogens is 272 g/mol. The standard InChI is InChI=1S/C15H20N2O2S/c1-15(2,3)9-4-5-11-12(6-9)17-10(7-13(18)19)8-20-14(17)16-11/h8-9H,4-7H2,1-3H3,(H,18,19). The van der Waals surface area contributed by atoms with Crippen LogP contribution in [0, 0.1) is 11.3 Å². The van der Waals surface area contributed by atoms with Gasteiger partial charge < -0.3 is 5.11 Å². The number of rotatable bonds is 2. The summed E-state index contributed by atoms with van der Waals surface area (Å²) in [7, 11) is 0. The Morgan fingerprint density at radius 1 is 1.55 bits per heavy atom. The summed E-state index contributed by atoms with van der Waals surface area (Å²) in [6.07, 6.45) is 3.26. The fourth-order valence-corrected chi connectivity index (χ4v) is 4.02. The van der Waals surface area contributed by atoms with E-state index in [2.05, 4.69) is 30.2 Å². The van der Waals surface area contributed by atoms with E-state index in [1.54, 1.807) is 11.3 Å². The molecule has 1 N–H and O–H groups in total. The largest absolute Gasteiger partial charge is 0.481 e. The topological polar surface area (TPSA) is 54.6 Å². The Kier molecular flexibility index (Phi) is 3.12. The highest BCUT2D eigenvalue weighted by atomic mass is 32.1. The highest BCUT2D eigenvalue weighted by Gasteiger charge is 2.32. The van der Waals surface area contributed by atoms with Gasteiger partial charge in [0, 0.05) is 16.8 Å². The van der Waals surface area contributed by atoms with Crippen LogP contribution < -0.4 is 0 Å². The average molecular weight is 292 g/mol. The second-order valence-corrected chi connectivity index (χ2v) is 7.56. The molecule has 4 nitrogen and oxygen atoms in total. The first-order valence-corrected chi connectivity index (χ1v) is 7.92. The van der Waals surface area contributed by atoms with Crippen molar-refractivity contribution in [1.29, 1.82) is 0 Å². The summed E-state index contributed by atoms with van der Waals surface area (Å²) >= 11 is 1.55. The van der Waals surface area contributed by atoms with E-state index in [9.17, 15) is 4.79 Å². The number of carbonyl (C=O) groups is 1. The van der Waals surface area contributed by atoms with Gasteiger partial charge >= 0.3 is 5.97 Å². The van der Waals surface area contributed by atoms with Crippen LogP contribution in [0.5, 0.6) is 0 Å². The van der Waals surface area contributed by atoms with Crippen molar-refractivity contribution in [2.45, 2.75) is 46.5 Å². The molecule has 1 aliphatic rings. The van der Waals surface area contributed by atoms with E-state index in [1.807, 2.05) is 5.38 Å². The fraction of sp³-hybridized carbons (Fsp3) is 0.600. The van der Waals surface area contributed by atoms with Gasteiger partial charge in [-0.15, -0.1) is 11.3 Å². The first kappa shape index (κ1) is 13.6. The van der Waals surface area contributed by atoms with Crippen LogP contribution in [0.1, 0.15) is 44.3 Å². The molecule has 0 aliphatic heterocycles. The molecule has 0 bridgehead atoms. The van der Waals surface area contributed by atoms with Crippen molar-refractivity contribution in [3.8, 4) is 0 Å². The number of nitrogens with zero attached hydrogens (tertiary/aromatic N) is 2. The number of hydrogen-bond acceptors (Lipinski definition) is 3. The summed E-state index contributed by atoms with van der Waals surface area (Å²) in [4.78, 5) is 16.6. The Balaban J connectivity index is 2.04. The third-order valence-electron chi connectivity index (χ3n) is 4.34. The maximum absolute atomic E-state index is 11.0. The van der Waals surface area contributed by atoms with Crippen LogP contribution in [0.15, 0.2) is 5.38 Å². The zero-order chi connectivity index (χ0) is 14.5. The number of aromatic nitrogens is 2. The van der Waals surface area contributed by atoms with E-state index < -0.39 is 5.97 Å². The summed E-state index contributed by atoms with van der Waals surface area (Å²) < 4.78 is 2.09. The van der Waals surface area contributed by atoms with Crippen LogP contribution in [0.3, 0.4) is 0 Å². The third kappa shape index (κ3) is 2.24. The van der Waals surface area contributed by atoms with Crippen molar-refractivity contribution >= 4 is 22.3 Å². The second kappa shape index (κ2) is 4.58. The van der Waals surface area contributed by atoms with Gasteiger partial charge in [0.25, 0.3) is 0 Å². The van der Waals surface area contributed by atoms with Crippen molar-refractivity contribution in [3.63, 3.8) is 0 Å². The lowest BCUT2D eigenvalue weighted by Crippen LogP contribution is -2.27. The van der Waals surface area contributed by atoms with Crippen molar-refractivity contribution in [1.82, 2.24) is 9.38 Å². The highest BCUT2D eigenvalue weighted by molar-refractivity contribution is 7.15. The number of thiazole rings is 1. The molecule has 1 aliphatic carbocycles. The number of carboxylic acid groups (broad SMARTS) is 1. The molecule has 2 aromatic rings. The maximum Gasteiger partial charge on any atom is 0.309 e. The monoisotopic (exact) mass is 292 g/mol. The summed E-state index contributed by atoms with van der Waals surface area (Å²) in [6.45, 7) is 6.85. The van der Waals surface area contributed by atoms with Gasteiger partial charge in [0.15, 0.2) is 4.96 Å². The molecule has 0 aromatic carbocycles. The van der Waals surface area contributed by atoms with Gasteiger partial charge in [-0.2, -0.15) is 0 Å². The highest BCUT2D eigenvalue weighted by Crippen LogP contribution is 2.38. The van der Waals surface area contributed by atoms with E-state index in [-0.39, 0.29) is 11.8 Å². The van der Waals surface area contributed by atoms with E-state index >= 15 is 0 Å². The number of imidazole rings is 1. The minimum Gasteiger partial charge on any atom is -0.481 e. The molecule has 0 radical (unpaired) electrons. The molecule has 1 atom stereocenters. The molecule has 108 valence electrons. The normalized spacial score (nSPS) is 19.2. The Labute approximate surface area is 122 Å². The molecule has 3 rings (SSSR count). The quantitative estimate of drug-likeness (QED) is 0.925. The van der Waals surface area contributed by atoms with Crippen LogP contribution in [-0.2, 0) is 24.1 Å². The predicted octanol–water partition coefficient (Wildman–Crippen LogP) is 3.17. The van der Waals surface area contributed by atoms with Gasteiger partial charge in [0.2, 0.25) is 0 Å². The van der Waals surface area contributed by atoms with Gasteiger partial charge in [0.1, 0.15) is 0 Å². The Bertz CT molecular complexity index is 663. The van der Waals surface area contributed by atoms with Gasteiger partial charge in [-0.3, -0.25) is 9.20 Å². The molecular formula is C15H20N2O2S. The third-order valence-corrected chi connectivity index (χ3v) is 5.21. The van der Waals surface area contributed by atoms with Crippen LogP contribution >= 0.6 is 11.3 Å². The second-order valence-electron chi connectivity index (χ2n) is 6.73. The first-order chi connectivity index (χ1) is 9.36. The zero-order valence-corrected chi connectivity index (χ0v) is 13.0. The van der Waals surface area contributed by atoms with Crippen LogP contribution in [0.2, 0.25) is 0 Å². The summed E-state index contributed by atoms with van der Waals surface area (Å²) in [5, 5.41) is 11.0. The smallest absolute Gasteiger partial charge is 0.309 e. The molecule has 1 unspecified atom stereocenters. The first-order valence-electron chi connectivity index (χ1n) is 7.04. The van der Waals surface area contributed by atoms with Crippen molar-refractivity contribution < 1.29 is 9.90 Å². The Morgan fingerprint density at radius 2 is 2.30 bits per heavy atom. The lowest BCUT2D eigenvalue weighted by molar-refractivity contribution is -0.136. The summed E-state index contributed by atoms with van der Waals surface area (Å²) in [5.41, 5.74) is 3.55. The summed E-state index contributed by atoms with van der Waals surface area (Å²) in [6, 6.07) is 0. The van der Waals surface area contributed by atoms with E-state index in [4.69, 9.17) is 5.11 Å². The molecule has 2 heterocycles. The van der Waals surface area contributed by atoms with Crippen LogP contribution in [-0.4, -0.2) is 20.5 Å². The lowest BCUT2D eigenvalue weighted by Gasteiger charge is -2.33. The number of aliphatic carboxylic acids is 1. The fourth-order valence-electron chi connectivity index (χ4n) is 3.09. The number of carboxylic acids is 1. The molecule has 20 heavy (non-hydrogen) atoms. The molecule has 0 saturated heterocycles. The zero-order valence-electron chi connectivity index (χ0n) is 12.1. The average Bonchev–Trinajstić information content (AvgIpc) is 2.86. The minimum atomic E-state index is -0.782. The summed E-state index contributed by atoms with van der Waals surface area (Å²) in [5.74, 6) is -0.150. The van der Waals surface area contributed by atoms with Gasteiger partial charge in [-0.05, 0) is 30.6 Å². The molecule has 5 heteroatoms. The molecule has 0 spiro atoms. The van der Waals surface area contributed by atoms with Gasteiger partial charge in [0.05, 0.1) is 12.1 Å². The van der Waals surface area contributed by atoms with Crippen molar-refractivity contribution in [2.24, 2.45) is 11.3 Å².